The lowest BCUT2D eigenvalue weighted by molar-refractivity contribution is 0.0951. The number of hydrogen-bond donors (Lipinski definition) is 2. The number of amides is 1. The molecule has 1 aliphatic carbocycles. The second-order valence-corrected chi connectivity index (χ2v) is 6.79. The topological polar surface area (TPSA) is 68.0 Å². The monoisotopic (exact) mass is 281 g/mol. The number of aromatic nitrogens is 1. The molecule has 1 amide bonds. The number of fused-ring (bicyclic) bond motifs is 1. The van der Waals surface area contributed by atoms with E-state index < -0.39 is 0 Å². The molecule has 0 saturated heterocycles. The summed E-state index contributed by atoms with van der Waals surface area (Å²) in [6.07, 6.45) is 5.10. The van der Waals surface area contributed by atoms with Gasteiger partial charge in [-0.3, -0.25) is 4.79 Å². The Morgan fingerprint density at radius 3 is 2.94 bits per heavy atom. The molecule has 0 aliphatic heterocycles. The summed E-state index contributed by atoms with van der Waals surface area (Å²) in [6.45, 7) is 0.806. The zero-order valence-electron chi connectivity index (χ0n) is 9.94. The maximum atomic E-state index is 12.0. The molecular weight excluding hydrogens is 266 g/mol. The van der Waals surface area contributed by atoms with Crippen LogP contribution in [0.4, 0.5) is 5.13 Å². The van der Waals surface area contributed by atoms with E-state index >= 15 is 0 Å². The zero-order valence-corrected chi connectivity index (χ0v) is 11.6. The average molecular weight is 281 g/mol. The summed E-state index contributed by atoms with van der Waals surface area (Å²) >= 11 is 2.85. The van der Waals surface area contributed by atoms with Gasteiger partial charge in [0.2, 0.25) is 0 Å². The minimum Gasteiger partial charge on any atom is -0.375 e. The zero-order chi connectivity index (χ0) is 12.5. The van der Waals surface area contributed by atoms with Crippen LogP contribution in [0.5, 0.6) is 0 Å². The molecule has 3 rings (SSSR count). The maximum Gasteiger partial charge on any atom is 0.261 e. The van der Waals surface area contributed by atoms with E-state index in [0.717, 1.165) is 21.0 Å². The molecule has 0 atom stereocenters. The van der Waals surface area contributed by atoms with Crippen molar-refractivity contribution < 1.29 is 4.79 Å². The number of nitrogens with zero attached hydrogens (tertiary/aromatic N) is 1. The first kappa shape index (κ1) is 11.9. The van der Waals surface area contributed by atoms with Crippen LogP contribution in [0.2, 0.25) is 0 Å². The van der Waals surface area contributed by atoms with Gasteiger partial charge in [0, 0.05) is 6.54 Å². The number of nitrogen functional groups attached to an aromatic ring is 1. The molecule has 2 heterocycles. The van der Waals surface area contributed by atoms with Gasteiger partial charge in [0.1, 0.15) is 4.83 Å². The SMILES string of the molecule is Nc1nc2sc(C(=O)NCC3CCCC3)cc2s1. The van der Waals surface area contributed by atoms with Crippen LogP contribution in [0.3, 0.4) is 0 Å². The maximum absolute atomic E-state index is 12.0. The summed E-state index contributed by atoms with van der Waals surface area (Å²) in [6, 6.07) is 1.89. The lowest BCUT2D eigenvalue weighted by atomic mass is 10.1. The van der Waals surface area contributed by atoms with E-state index in [9.17, 15) is 4.79 Å². The second-order valence-electron chi connectivity index (χ2n) is 4.69. The van der Waals surface area contributed by atoms with E-state index in [1.807, 2.05) is 6.07 Å². The molecule has 0 unspecified atom stereocenters. The van der Waals surface area contributed by atoms with Crippen LogP contribution in [0.15, 0.2) is 6.07 Å². The van der Waals surface area contributed by atoms with E-state index in [1.165, 1.54) is 48.4 Å². The van der Waals surface area contributed by atoms with Crippen LogP contribution >= 0.6 is 22.7 Å². The van der Waals surface area contributed by atoms with Crippen molar-refractivity contribution in [3.05, 3.63) is 10.9 Å². The van der Waals surface area contributed by atoms with Crippen LogP contribution in [-0.4, -0.2) is 17.4 Å². The van der Waals surface area contributed by atoms with Gasteiger partial charge >= 0.3 is 0 Å². The highest BCUT2D eigenvalue weighted by Crippen LogP contribution is 2.31. The van der Waals surface area contributed by atoms with Crippen LogP contribution in [0.25, 0.3) is 9.53 Å². The number of anilines is 1. The molecule has 1 aliphatic rings. The summed E-state index contributed by atoms with van der Waals surface area (Å²) in [7, 11) is 0. The van der Waals surface area contributed by atoms with Gasteiger partial charge in [0.25, 0.3) is 5.91 Å². The van der Waals surface area contributed by atoms with Crippen LogP contribution in [0.1, 0.15) is 35.4 Å². The molecule has 2 aromatic rings. The highest BCUT2D eigenvalue weighted by Gasteiger charge is 2.17. The first-order valence-corrected chi connectivity index (χ1v) is 7.80. The fraction of sp³-hybridized carbons (Fsp3) is 0.500. The number of nitrogens with one attached hydrogen (secondary N) is 1. The minimum absolute atomic E-state index is 0.0238. The molecule has 0 bridgehead atoms. The molecule has 0 radical (unpaired) electrons. The van der Waals surface area contributed by atoms with Crippen molar-refractivity contribution in [3.63, 3.8) is 0 Å². The number of hydrogen-bond acceptors (Lipinski definition) is 5. The van der Waals surface area contributed by atoms with Crippen molar-refractivity contribution in [1.29, 1.82) is 0 Å². The Hall–Kier alpha value is -1.14. The van der Waals surface area contributed by atoms with Gasteiger partial charge in [-0.2, -0.15) is 0 Å². The first-order valence-electron chi connectivity index (χ1n) is 6.16. The van der Waals surface area contributed by atoms with Crippen molar-refractivity contribution in [2.24, 2.45) is 5.92 Å². The smallest absolute Gasteiger partial charge is 0.261 e. The predicted octanol–water partition coefficient (Wildman–Crippen LogP) is 2.86. The number of nitrogens with two attached hydrogens (primary N) is 1. The first-order chi connectivity index (χ1) is 8.72. The fourth-order valence-corrected chi connectivity index (χ4v) is 4.31. The van der Waals surface area contributed by atoms with Gasteiger partial charge in [0.15, 0.2) is 5.13 Å². The Balaban J connectivity index is 1.65. The average Bonchev–Trinajstić information content (AvgIpc) is 3.00. The molecule has 1 fully saturated rings. The van der Waals surface area contributed by atoms with Crippen molar-refractivity contribution >= 4 is 43.2 Å². The number of carbonyl (C=O) groups excluding carboxylic acids is 1. The van der Waals surface area contributed by atoms with E-state index in [2.05, 4.69) is 10.3 Å². The Kier molecular flexibility index (Phi) is 3.22. The fourth-order valence-electron chi connectivity index (χ4n) is 2.40. The quantitative estimate of drug-likeness (QED) is 0.909. The highest BCUT2D eigenvalue weighted by atomic mass is 32.1. The highest BCUT2D eigenvalue weighted by molar-refractivity contribution is 7.29. The summed E-state index contributed by atoms with van der Waals surface area (Å²) in [5.41, 5.74) is 5.62. The van der Waals surface area contributed by atoms with E-state index in [1.54, 1.807) is 0 Å². The molecule has 2 aromatic heterocycles. The minimum atomic E-state index is 0.0238. The molecule has 18 heavy (non-hydrogen) atoms. The lowest BCUT2D eigenvalue weighted by Crippen LogP contribution is -2.27. The predicted molar refractivity (Wildman–Crippen MR) is 76.2 cm³/mol. The van der Waals surface area contributed by atoms with E-state index in [4.69, 9.17) is 5.73 Å². The number of rotatable bonds is 3. The van der Waals surface area contributed by atoms with Crippen molar-refractivity contribution in [3.8, 4) is 0 Å². The van der Waals surface area contributed by atoms with Gasteiger partial charge in [-0.15, -0.1) is 11.3 Å². The van der Waals surface area contributed by atoms with Crippen molar-refractivity contribution in [2.75, 3.05) is 12.3 Å². The van der Waals surface area contributed by atoms with Crippen molar-refractivity contribution in [2.45, 2.75) is 25.7 Å². The van der Waals surface area contributed by atoms with Gasteiger partial charge in [-0.1, -0.05) is 24.2 Å². The molecule has 6 heteroatoms. The van der Waals surface area contributed by atoms with Crippen LogP contribution in [-0.2, 0) is 0 Å². The van der Waals surface area contributed by atoms with E-state index in [0.29, 0.717) is 11.0 Å². The normalized spacial score (nSPS) is 16.4. The molecule has 4 nitrogen and oxygen atoms in total. The second kappa shape index (κ2) is 4.85. The summed E-state index contributed by atoms with van der Waals surface area (Å²) < 4.78 is 1.00. The van der Waals surface area contributed by atoms with Crippen LogP contribution in [0, 0.1) is 5.92 Å². The summed E-state index contributed by atoms with van der Waals surface area (Å²) in [5, 5.41) is 3.59. The summed E-state index contributed by atoms with van der Waals surface area (Å²) in [4.78, 5) is 17.8. The Morgan fingerprint density at radius 1 is 1.44 bits per heavy atom. The van der Waals surface area contributed by atoms with Gasteiger partial charge < -0.3 is 11.1 Å². The van der Waals surface area contributed by atoms with Crippen molar-refractivity contribution in [1.82, 2.24) is 10.3 Å². The molecule has 3 N–H and O–H groups in total. The molecule has 96 valence electrons. The lowest BCUT2D eigenvalue weighted by Gasteiger charge is -2.09. The third kappa shape index (κ3) is 2.35. The Bertz CT molecular complexity index is 537. The third-order valence-electron chi connectivity index (χ3n) is 3.36. The van der Waals surface area contributed by atoms with Crippen LogP contribution < -0.4 is 11.1 Å². The Labute approximate surface area is 113 Å². The molecule has 0 aromatic carbocycles. The largest absolute Gasteiger partial charge is 0.375 e. The van der Waals surface area contributed by atoms with Gasteiger partial charge in [0.05, 0.1) is 9.58 Å². The Morgan fingerprint density at radius 2 is 2.22 bits per heavy atom. The van der Waals surface area contributed by atoms with Gasteiger partial charge in [-0.25, -0.2) is 4.98 Å². The molecular formula is C12H15N3OS2. The standard InChI is InChI=1S/C12H15N3OS2/c13-12-15-11-9(18-12)5-8(17-11)10(16)14-6-7-3-1-2-4-7/h5,7H,1-4,6H2,(H2,13,15)(H,14,16). The number of carbonyl (C=O) groups is 1. The number of thiazole rings is 1. The third-order valence-corrected chi connectivity index (χ3v) is 5.34. The van der Waals surface area contributed by atoms with Gasteiger partial charge in [-0.05, 0) is 24.8 Å². The molecule has 0 spiro atoms. The number of thiophene rings is 1. The van der Waals surface area contributed by atoms with E-state index in [-0.39, 0.29) is 5.91 Å². The summed E-state index contributed by atoms with van der Waals surface area (Å²) in [5.74, 6) is 0.694. The molecule has 1 saturated carbocycles.